The summed E-state index contributed by atoms with van der Waals surface area (Å²) < 4.78 is 29.2. The van der Waals surface area contributed by atoms with Crippen molar-refractivity contribution in [2.75, 3.05) is 53.6 Å². The van der Waals surface area contributed by atoms with E-state index >= 15 is 0 Å². The number of fused-ring (bicyclic) bond motifs is 8. The van der Waals surface area contributed by atoms with Crippen molar-refractivity contribution in [2.24, 2.45) is 0 Å². The Bertz CT molecular complexity index is 3020. The van der Waals surface area contributed by atoms with Crippen molar-refractivity contribution in [1.29, 1.82) is 0 Å². The highest BCUT2D eigenvalue weighted by Gasteiger charge is 2.41. The predicted molar refractivity (Wildman–Crippen MR) is 278 cm³/mol. The van der Waals surface area contributed by atoms with Gasteiger partial charge in [0.15, 0.2) is 23.0 Å². The van der Waals surface area contributed by atoms with Gasteiger partial charge in [-0.2, -0.15) is 0 Å². The molecule has 0 aromatic heterocycles. The maximum atomic E-state index is 14.3. The number of amides is 5. The monoisotopic (exact) mass is 1010 g/mol. The molecule has 0 radical (unpaired) electrons. The zero-order chi connectivity index (χ0) is 52.2. The highest BCUT2D eigenvalue weighted by Crippen LogP contribution is 2.43. The minimum absolute atomic E-state index is 0.000994. The highest BCUT2D eigenvalue weighted by atomic mass is 16.5. The molecule has 9 rings (SSSR count). The van der Waals surface area contributed by atoms with Crippen molar-refractivity contribution in [3.63, 3.8) is 0 Å². The van der Waals surface area contributed by atoms with E-state index in [1.807, 2.05) is 58.3 Å². The lowest BCUT2D eigenvalue weighted by Gasteiger charge is -2.27. The van der Waals surface area contributed by atoms with Gasteiger partial charge in [-0.1, -0.05) is 36.4 Å². The van der Waals surface area contributed by atoms with E-state index in [1.54, 1.807) is 36.4 Å². The number of anilines is 5. The van der Waals surface area contributed by atoms with E-state index in [1.165, 1.54) is 35.2 Å². The van der Waals surface area contributed by atoms with Crippen LogP contribution in [0.5, 0.6) is 23.0 Å². The van der Waals surface area contributed by atoms with Gasteiger partial charge < -0.3 is 60.1 Å². The molecular weight excluding hydrogens is 947 g/mol. The van der Waals surface area contributed by atoms with E-state index in [-0.39, 0.29) is 67.9 Å². The molecule has 4 aliphatic heterocycles. The Hall–Kier alpha value is -8.28. The van der Waals surface area contributed by atoms with Gasteiger partial charge in [0.1, 0.15) is 25.3 Å². The summed E-state index contributed by atoms with van der Waals surface area (Å²) in [4.78, 5) is 83.0. The van der Waals surface area contributed by atoms with Crippen LogP contribution in [0.4, 0.5) is 28.4 Å². The number of para-hydroxylation sites is 2. The van der Waals surface area contributed by atoms with Crippen LogP contribution in [0, 0.1) is 0 Å². The summed E-state index contributed by atoms with van der Waals surface area (Å²) in [6.45, 7) is 5.64. The van der Waals surface area contributed by atoms with Crippen LogP contribution in [-0.4, -0.2) is 93.6 Å². The lowest BCUT2D eigenvalue weighted by atomic mass is 10.0. The molecule has 4 heterocycles. The van der Waals surface area contributed by atoms with Gasteiger partial charge >= 0.3 is 5.97 Å². The fourth-order valence-corrected chi connectivity index (χ4v) is 10.1. The molecule has 18 heteroatoms. The maximum Gasteiger partial charge on any atom is 0.305 e. The highest BCUT2D eigenvalue weighted by molar-refractivity contribution is 6.13. The second-order valence-corrected chi connectivity index (χ2v) is 19.1. The summed E-state index contributed by atoms with van der Waals surface area (Å²) in [5.74, 6) is -0.621. The third-order valence-electron chi connectivity index (χ3n) is 14.0. The van der Waals surface area contributed by atoms with Gasteiger partial charge in [-0.05, 0) is 111 Å². The van der Waals surface area contributed by atoms with Crippen LogP contribution in [0.2, 0.25) is 0 Å². The van der Waals surface area contributed by atoms with E-state index < -0.39 is 23.9 Å². The van der Waals surface area contributed by atoms with E-state index in [0.29, 0.717) is 81.7 Å². The molecule has 0 saturated heterocycles. The molecule has 5 aromatic carbocycles. The molecule has 1 unspecified atom stereocenters. The number of unbranched alkanes of at least 4 members (excludes halogenated alkanes) is 1. The van der Waals surface area contributed by atoms with Crippen molar-refractivity contribution in [3.05, 3.63) is 124 Å². The maximum absolute atomic E-state index is 14.3. The van der Waals surface area contributed by atoms with E-state index in [4.69, 9.17) is 18.9 Å². The SMILES string of the molecule is COC(=O)CCCCC(=O)N[C@@H](C)C(=O)N[C@@H](C)C(=O)Nc1cc(COc2cc3c(cc2OC)C(=O)N2c4ccccc4C[C@H]2CN3)cc(COc2cc3c(cc2OC)C(=O)N2c4ccccc4C[C@H]2C(C)N3)c1. The van der Waals surface area contributed by atoms with Gasteiger partial charge in [-0.25, -0.2) is 0 Å². The topological polar surface area (TPSA) is 215 Å². The Kier molecular flexibility index (Phi) is 14.9. The first-order chi connectivity index (χ1) is 35.7. The number of methoxy groups -OCH3 is 3. The number of carbonyl (C=O) groups is 6. The standard InChI is InChI=1S/C56H61N7O11/c1-31-46-23-37-14-8-10-16-45(37)63(46)56(69)41-25-48(71-5)50(27-43(41)58-31)74-30-35-19-34(20-38(21-35)61-54(67)33(3)60-53(66)32(2)59-51(64)17-11-12-18-52(65)72-6)29-73-49-26-42-40(24-47(49)70-4)55(68)62-39(28-57-42)22-36-13-7-9-15-44(36)62/h7-10,13-16,19-21,24-27,31-33,39,46,57-58H,11-12,17-18,22-23,28-30H2,1-6H3,(H,59,64)(H,60,66)(H,61,67)/t31?,32-,33-,39-,46-/m0/s1. The van der Waals surface area contributed by atoms with Crippen LogP contribution in [-0.2, 0) is 50.0 Å². The molecule has 5 N–H and O–H groups in total. The van der Waals surface area contributed by atoms with Gasteiger partial charge in [-0.15, -0.1) is 0 Å². The molecule has 5 amide bonds. The minimum atomic E-state index is -1.02. The normalized spacial score (nSPS) is 17.7. The molecule has 5 aromatic rings. The lowest BCUT2D eigenvalue weighted by Crippen LogP contribution is -2.50. The molecule has 0 saturated carbocycles. The average molecular weight is 1010 g/mol. The average Bonchev–Trinajstić information content (AvgIpc) is 3.92. The zero-order valence-corrected chi connectivity index (χ0v) is 42.3. The molecule has 4 aliphatic rings. The van der Waals surface area contributed by atoms with E-state index in [0.717, 1.165) is 35.3 Å². The summed E-state index contributed by atoms with van der Waals surface area (Å²) in [7, 11) is 4.33. The zero-order valence-electron chi connectivity index (χ0n) is 42.3. The Morgan fingerprint density at radius 3 is 1.88 bits per heavy atom. The van der Waals surface area contributed by atoms with Crippen LogP contribution in [0.15, 0.2) is 91.0 Å². The molecule has 5 atom stereocenters. The molecule has 18 nitrogen and oxygen atoms in total. The Morgan fingerprint density at radius 2 is 1.23 bits per heavy atom. The van der Waals surface area contributed by atoms with Crippen LogP contribution >= 0.6 is 0 Å². The van der Waals surface area contributed by atoms with Crippen molar-refractivity contribution < 1.29 is 52.5 Å². The number of benzene rings is 5. The van der Waals surface area contributed by atoms with Gasteiger partial charge in [0.25, 0.3) is 11.8 Å². The van der Waals surface area contributed by atoms with Crippen molar-refractivity contribution >= 4 is 63.9 Å². The van der Waals surface area contributed by atoms with Crippen molar-refractivity contribution in [1.82, 2.24) is 10.6 Å². The fraction of sp³-hybridized carbons (Fsp3) is 0.357. The first-order valence-corrected chi connectivity index (χ1v) is 24.9. The Labute approximate surface area is 429 Å². The fourth-order valence-electron chi connectivity index (χ4n) is 10.1. The minimum Gasteiger partial charge on any atom is -0.493 e. The number of hydrogen-bond donors (Lipinski definition) is 5. The number of ether oxygens (including phenoxy) is 5. The number of nitrogens with zero attached hydrogens (tertiary/aromatic N) is 2. The van der Waals surface area contributed by atoms with Crippen LogP contribution < -0.4 is 55.3 Å². The molecule has 0 aliphatic carbocycles. The van der Waals surface area contributed by atoms with Gasteiger partial charge in [0.05, 0.1) is 55.9 Å². The van der Waals surface area contributed by atoms with E-state index in [2.05, 4.69) is 44.3 Å². The number of hydrogen-bond acceptors (Lipinski definition) is 13. The van der Waals surface area contributed by atoms with Gasteiger partial charge in [-0.3, -0.25) is 28.8 Å². The quantitative estimate of drug-likeness (QED) is 0.0446. The van der Waals surface area contributed by atoms with Crippen molar-refractivity contribution in [2.45, 2.75) is 103 Å². The molecule has 0 bridgehead atoms. The molecule has 0 fully saturated rings. The van der Waals surface area contributed by atoms with E-state index in [9.17, 15) is 28.8 Å². The third-order valence-corrected chi connectivity index (χ3v) is 14.0. The summed E-state index contributed by atoms with van der Waals surface area (Å²) >= 11 is 0. The second kappa shape index (κ2) is 21.8. The number of rotatable bonds is 18. The molecule has 386 valence electrons. The molecule has 0 spiro atoms. The Morgan fingerprint density at radius 1 is 0.662 bits per heavy atom. The van der Waals surface area contributed by atoms with Crippen LogP contribution in [0.3, 0.4) is 0 Å². The van der Waals surface area contributed by atoms with Crippen molar-refractivity contribution in [3.8, 4) is 23.0 Å². The van der Waals surface area contributed by atoms with Crippen LogP contribution in [0.1, 0.15) is 89.4 Å². The third kappa shape index (κ3) is 10.6. The number of esters is 1. The summed E-state index contributed by atoms with van der Waals surface area (Å²) in [5, 5.41) is 15.3. The lowest BCUT2D eigenvalue weighted by molar-refractivity contribution is -0.140. The number of carbonyl (C=O) groups excluding carboxylic acids is 6. The Balaban J connectivity index is 0.936. The molecule has 74 heavy (non-hydrogen) atoms. The number of nitrogens with one attached hydrogen (secondary N) is 5. The largest absolute Gasteiger partial charge is 0.493 e. The van der Waals surface area contributed by atoms with Gasteiger partial charge in [0, 0.05) is 54.6 Å². The predicted octanol–water partition coefficient (Wildman–Crippen LogP) is 6.93. The summed E-state index contributed by atoms with van der Waals surface area (Å²) in [6, 6.07) is 26.0. The first-order valence-electron chi connectivity index (χ1n) is 24.9. The summed E-state index contributed by atoms with van der Waals surface area (Å²) in [5.41, 5.74) is 7.80. The first kappa shape index (κ1) is 50.7. The summed E-state index contributed by atoms with van der Waals surface area (Å²) in [6.07, 6.45) is 2.66. The van der Waals surface area contributed by atoms with Gasteiger partial charge in [0.2, 0.25) is 17.7 Å². The molecular formula is C56H61N7O11. The smallest absolute Gasteiger partial charge is 0.305 e. The van der Waals surface area contributed by atoms with Crippen LogP contribution in [0.25, 0.3) is 0 Å². The second-order valence-electron chi connectivity index (χ2n) is 19.1.